The summed E-state index contributed by atoms with van der Waals surface area (Å²) >= 11 is 0. The molecule has 0 aliphatic carbocycles. The Morgan fingerprint density at radius 3 is 2.24 bits per heavy atom. The lowest BCUT2D eigenvalue weighted by Gasteiger charge is -2.07. The van der Waals surface area contributed by atoms with Crippen molar-refractivity contribution < 1.29 is 4.42 Å². The minimum absolute atomic E-state index is 0.445. The maximum atomic E-state index is 9.49. The SMILES string of the molecule is N#Cc1cc(C#N)cc(-c2cccc3oc4ccc(-c5ccc6ccc7cccnc7c6n5)cc4c23)c1. The molecular formula is C32H16N4O. The number of hydrogen-bond donors (Lipinski definition) is 0. The minimum atomic E-state index is 0.445. The van der Waals surface area contributed by atoms with Crippen LogP contribution < -0.4 is 0 Å². The molecule has 0 bridgehead atoms. The quantitative estimate of drug-likeness (QED) is 0.240. The van der Waals surface area contributed by atoms with E-state index in [1.54, 1.807) is 24.4 Å². The first kappa shape index (κ1) is 20.8. The van der Waals surface area contributed by atoms with Crippen LogP contribution in [0.25, 0.3) is 66.1 Å². The zero-order chi connectivity index (χ0) is 24.9. The monoisotopic (exact) mass is 472 g/mol. The first-order valence-corrected chi connectivity index (χ1v) is 11.8. The second kappa shape index (κ2) is 8.02. The van der Waals surface area contributed by atoms with Crippen LogP contribution in [0.3, 0.4) is 0 Å². The van der Waals surface area contributed by atoms with E-state index in [2.05, 4.69) is 41.4 Å². The van der Waals surface area contributed by atoms with Gasteiger partial charge in [-0.2, -0.15) is 10.5 Å². The highest BCUT2D eigenvalue weighted by Gasteiger charge is 2.15. The van der Waals surface area contributed by atoms with Crippen molar-refractivity contribution in [3.05, 3.63) is 108 Å². The molecule has 7 rings (SSSR count). The molecule has 0 atom stereocenters. The molecular weight excluding hydrogens is 456 g/mol. The molecule has 0 amide bonds. The Balaban J connectivity index is 1.47. The molecule has 0 spiro atoms. The van der Waals surface area contributed by atoms with Crippen LogP contribution in [0.5, 0.6) is 0 Å². The highest BCUT2D eigenvalue weighted by Crippen LogP contribution is 2.39. The Bertz CT molecular complexity index is 2090. The summed E-state index contributed by atoms with van der Waals surface area (Å²) in [6.45, 7) is 0. The van der Waals surface area contributed by atoms with E-state index in [1.165, 1.54) is 0 Å². The summed E-state index contributed by atoms with van der Waals surface area (Å²) in [5.74, 6) is 0. The number of pyridine rings is 2. The molecule has 0 aliphatic heterocycles. The van der Waals surface area contributed by atoms with Gasteiger partial charge < -0.3 is 4.42 Å². The van der Waals surface area contributed by atoms with Gasteiger partial charge in [0.1, 0.15) is 11.2 Å². The van der Waals surface area contributed by atoms with Crippen molar-refractivity contribution in [3.8, 4) is 34.5 Å². The summed E-state index contributed by atoms with van der Waals surface area (Å²) in [6, 6.07) is 33.7. The average molecular weight is 473 g/mol. The third kappa shape index (κ3) is 3.31. The van der Waals surface area contributed by atoms with Gasteiger partial charge in [-0.25, -0.2) is 4.98 Å². The second-order valence-corrected chi connectivity index (χ2v) is 8.92. The van der Waals surface area contributed by atoms with E-state index in [9.17, 15) is 10.5 Å². The molecule has 170 valence electrons. The Kier molecular flexibility index (Phi) is 4.51. The van der Waals surface area contributed by atoms with Gasteiger partial charge in [0.05, 0.1) is 40.0 Å². The molecule has 3 aromatic heterocycles. The summed E-state index contributed by atoms with van der Waals surface area (Å²) in [5.41, 5.74) is 7.65. The predicted octanol–water partition coefficient (Wildman–Crippen LogP) is 7.76. The number of benzene rings is 4. The molecule has 0 saturated heterocycles. The number of nitrogens with zero attached hydrogens (tertiary/aromatic N) is 4. The normalized spacial score (nSPS) is 11.2. The van der Waals surface area contributed by atoms with Gasteiger partial charge in [0.2, 0.25) is 0 Å². The molecule has 0 aliphatic rings. The van der Waals surface area contributed by atoms with Gasteiger partial charge >= 0.3 is 0 Å². The Morgan fingerprint density at radius 2 is 1.43 bits per heavy atom. The van der Waals surface area contributed by atoms with E-state index >= 15 is 0 Å². The first-order valence-electron chi connectivity index (χ1n) is 11.8. The third-order valence-electron chi connectivity index (χ3n) is 6.73. The highest BCUT2D eigenvalue weighted by molar-refractivity contribution is 6.13. The average Bonchev–Trinajstić information content (AvgIpc) is 3.34. The number of nitriles is 2. The summed E-state index contributed by atoms with van der Waals surface area (Å²) < 4.78 is 6.19. The van der Waals surface area contributed by atoms with Crippen molar-refractivity contribution in [1.29, 1.82) is 10.5 Å². The topological polar surface area (TPSA) is 86.5 Å². The fourth-order valence-corrected chi connectivity index (χ4v) is 5.02. The molecule has 0 radical (unpaired) electrons. The van der Waals surface area contributed by atoms with Crippen LogP contribution in [0.15, 0.2) is 102 Å². The molecule has 0 N–H and O–H groups in total. The van der Waals surface area contributed by atoms with Gasteiger partial charge in [-0.3, -0.25) is 4.98 Å². The molecule has 7 aromatic rings. The fourth-order valence-electron chi connectivity index (χ4n) is 5.02. The van der Waals surface area contributed by atoms with Crippen LogP contribution in [-0.4, -0.2) is 9.97 Å². The molecule has 0 saturated carbocycles. The zero-order valence-electron chi connectivity index (χ0n) is 19.4. The van der Waals surface area contributed by atoms with Crippen LogP contribution >= 0.6 is 0 Å². The summed E-state index contributed by atoms with van der Waals surface area (Å²) in [7, 11) is 0. The second-order valence-electron chi connectivity index (χ2n) is 8.92. The van der Waals surface area contributed by atoms with Crippen LogP contribution in [0, 0.1) is 22.7 Å². The van der Waals surface area contributed by atoms with E-state index in [0.717, 1.165) is 66.1 Å². The molecule has 5 nitrogen and oxygen atoms in total. The Morgan fingerprint density at radius 1 is 0.649 bits per heavy atom. The minimum Gasteiger partial charge on any atom is -0.456 e. The maximum absolute atomic E-state index is 9.49. The smallest absolute Gasteiger partial charge is 0.136 e. The van der Waals surface area contributed by atoms with Gasteiger partial charge in [0.15, 0.2) is 0 Å². The molecule has 5 heteroatoms. The molecule has 0 fully saturated rings. The van der Waals surface area contributed by atoms with Gasteiger partial charge in [-0.15, -0.1) is 0 Å². The van der Waals surface area contributed by atoms with Crippen LogP contribution in [0.4, 0.5) is 0 Å². The van der Waals surface area contributed by atoms with Crippen molar-refractivity contribution in [2.24, 2.45) is 0 Å². The molecule has 37 heavy (non-hydrogen) atoms. The largest absolute Gasteiger partial charge is 0.456 e. The Hall–Kier alpha value is -5.52. The van der Waals surface area contributed by atoms with Gasteiger partial charge in [-0.1, -0.05) is 36.4 Å². The van der Waals surface area contributed by atoms with Crippen LogP contribution in [0.2, 0.25) is 0 Å². The first-order chi connectivity index (χ1) is 18.2. The van der Waals surface area contributed by atoms with Crippen molar-refractivity contribution in [1.82, 2.24) is 9.97 Å². The van der Waals surface area contributed by atoms with Gasteiger partial charge in [-0.05, 0) is 65.7 Å². The lowest BCUT2D eigenvalue weighted by Crippen LogP contribution is -1.89. The third-order valence-corrected chi connectivity index (χ3v) is 6.73. The number of furan rings is 1. The predicted molar refractivity (Wildman–Crippen MR) is 145 cm³/mol. The van der Waals surface area contributed by atoms with Crippen LogP contribution in [-0.2, 0) is 0 Å². The van der Waals surface area contributed by atoms with E-state index in [4.69, 9.17) is 9.40 Å². The van der Waals surface area contributed by atoms with Gasteiger partial charge in [0.25, 0.3) is 0 Å². The highest BCUT2D eigenvalue weighted by atomic mass is 16.3. The van der Waals surface area contributed by atoms with Crippen molar-refractivity contribution in [2.45, 2.75) is 0 Å². The van der Waals surface area contributed by atoms with Gasteiger partial charge in [0, 0.05) is 33.3 Å². The summed E-state index contributed by atoms with van der Waals surface area (Å²) in [5, 5.41) is 23.0. The van der Waals surface area contributed by atoms with E-state index in [1.807, 2.05) is 48.5 Å². The van der Waals surface area contributed by atoms with E-state index in [-0.39, 0.29) is 0 Å². The molecule has 3 heterocycles. The van der Waals surface area contributed by atoms with E-state index < -0.39 is 0 Å². The number of rotatable bonds is 2. The molecule has 4 aromatic carbocycles. The standard InChI is InChI=1S/C32H16N4O/c33-17-19-13-20(18-34)15-24(14-19)25-4-1-5-29-30(25)26-16-23(9-11-28(26)37-29)27-10-8-22-7-6-21-3-2-12-35-31(21)32(22)36-27/h1-16H. The fraction of sp³-hybridized carbons (Fsp3) is 0. The zero-order valence-corrected chi connectivity index (χ0v) is 19.4. The lowest BCUT2D eigenvalue weighted by molar-refractivity contribution is 0.669. The molecule has 0 unspecified atom stereocenters. The van der Waals surface area contributed by atoms with Crippen molar-refractivity contribution >= 4 is 43.7 Å². The van der Waals surface area contributed by atoms with Crippen molar-refractivity contribution in [3.63, 3.8) is 0 Å². The lowest BCUT2D eigenvalue weighted by atomic mass is 9.95. The number of hydrogen-bond acceptors (Lipinski definition) is 5. The van der Waals surface area contributed by atoms with Crippen molar-refractivity contribution in [2.75, 3.05) is 0 Å². The summed E-state index contributed by atoms with van der Waals surface area (Å²) in [6.07, 6.45) is 1.79. The summed E-state index contributed by atoms with van der Waals surface area (Å²) in [4.78, 5) is 9.58. The van der Waals surface area contributed by atoms with Crippen LogP contribution in [0.1, 0.15) is 11.1 Å². The number of fused-ring (bicyclic) bond motifs is 6. The maximum Gasteiger partial charge on any atom is 0.136 e. The van der Waals surface area contributed by atoms with E-state index in [0.29, 0.717) is 11.1 Å². The Labute approximate surface area is 211 Å². The number of aromatic nitrogens is 2.